The molecule has 0 unspecified atom stereocenters. The summed E-state index contributed by atoms with van der Waals surface area (Å²) < 4.78 is -0.290. The Kier molecular flexibility index (Phi) is 4.27. The maximum absolute atomic E-state index is 13.1. The maximum atomic E-state index is 13.1. The maximum Gasteiger partial charge on any atom is 0.372 e. The first-order valence-electron chi connectivity index (χ1n) is 7.68. The first-order valence-corrected chi connectivity index (χ1v) is 7.68. The lowest BCUT2D eigenvalue weighted by Crippen LogP contribution is -2.62. The van der Waals surface area contributed by atoms with Crippen LogP contribution in [0.5, 0.6) is 0 Å². The monoisotopic (exact) mass is 311 g/mol. The number of nitrogens with two attached hydrogens (primary N) is 1. The molecule has 1 aliphatic rings. The molecule has 118 valence electrons. The highest BCUT2D eigenvalue weighted by Gasteiger charge is 2.48. The molecular weight excluding hydrogens is 292 g/mol. The minimum absolute atomic E-state index is 0.0225. The molecule has 0 aromatic carbocycles. The number of piperidine rings is 1. The van der Waals surface area contributed by atoms with Crippen LogP contribution in [0.3, 0.4) is 0 Å². The summed E-state index contributed by atoms with van der Waals surface area (Å²) in [6.45, 7) is 0.762. The van der Waals surface area contributed by atoms with Gasteiger partial charge in [0.1, 0.15) is 0 Å². The van der Waals surface area contributed by atoms with Gasteiger partial charge in [-0.2, -0.15) is 4.48 Å². The van der Waals surface area contributed by atoms with Gasteiger partial charge < -0.3 is 5.73 Å². The van der Waals surface area contributed by atoms with E-state index in [0.29, 0.717) is 37.3 Å². The fourth-order valence-electron chi connectivity index (χ4n) is 2.94. The molecule has 1 aliphatic heterocycles. The molecular formula is C17H19N4O2+. The number of amides is 2. The first kappa shape index (κ1) is 15.5. The second kappa shape index (κ2) is 6.36. The summed E-state index contributed by atoms with van der Waals surface area (Å²) in [5.74, 6) is -0.568. The van der Waals surface area contributed by atoms with Crippen LogP contribution in [0.1, 0.15) is 33.8 Å². The Labute approximate surface area is 134 Å². The lowest BCUT2D eigenvalue weighted by atomic mass is 10.0. The Balaban J connectivity index is 2.01. The van der Waals surface area contributed by atoms with Crippen molar-refractivity contribution in [1.29, 1.82) is 0 Å². The van der Waals surface area contributed by atoms with Crippen molar-refractivity contribution in [3.63, 3.8) is 0 Å². The molecule has 2 amide bonds. The van der Waals surface area contributed by atoms with E-state index in [1.807, 2.05) is 0 Å². The van der Waals surface area contributed by atoms with E-state index in [4.69, 9.17) is 5.73 Å². The fourth-order valence-corrected chi connectivity index (χ4v) is 2.94. The summed E-state index contributed by atoms with van der Waals surface area (Å²) in [4.78, 5) is 34.4. The number of carbonyl (C=O) groups excluding carboxylic acids is 2. The molecule has 0 saturated carbocycles. The van der Waals surface area contributed by atoms with E-state index in [-0.39, 0.29) is 22.3 Å². The van der Waals surface area contributed by atoms with Crippen LogP contribution in [0, 0.1) is 0 Å². The number of likely N-dealkylation sites (tertiary alicyclic amines) is 1. The molecule has 2 aromatic heterocycles. The van der Waals surface area contributed by atoms with E-state index in [0.717, 1.165) is 0 Å². The summed E-state index contributed by atoms with van der Waals surface area (Å²) >= 11 is 0. The molecule has 1 fully saturated rings. The van der Waals surface area contributed by atoms with Gasteiger partial charge in [-0.3, -0.25) is 0 Å². The van der Waals surface area contributed by atoms with Crippen LogP contribution in [0.25, 0.3) is 0 Å². The molecule has 0 radical (unpaired) electrons. The van der Waals surface area contributed by atoms with Crippen molar-refractivity contribution in [2.45, 2.75) is 18.9 Å². The quantitative estimate of drug-likeness (QED) is 0.669. The van der Waals surface area contributed by atoms with Crippen molar-refractivity contribution in [3.8, 4) is 0 Å². The van der Waals surface area contributed by atoms with Crippen LogP contribution in [-0.4, -0.2) is 45.4 Å². The standard InChI is InChI=1S/C17H19N4O2/c18-13-7-11-21(12-8-13,16(22)14-5-1-3-9-19-14)17(23)15-6-2-4-10-20-15/h1-6,9-10,13H,7-8,11-12,18H2/q+1. The number of pyridine rings is 2. The minimum atomic E-state index is -0.290. The van der Waals surface area contributed by atoms with Crippen LogP contribution in [0.2, 0.25) is 0 Å². The van der Waals surface area contributed by atoms with Crippen molar-refractivity contribution in [1.82, 2.24) is 9.97 Å². The molecule has 6 heteroatoms. The number of aromatic nitrogens is 2. The summed E-state index contributed by atoms with van der Waals surface area (Å²) in [7, 11) is 0. The Morgan fingerprint density at radius 2 is 1.39 bits per heavy atom. The number of quaternary nitrogens is 1. The minimum Gasteiger partial charge on any atom is -0.327 e. The van der Waals surface area contributed by atoms with Gasteiger partial charge in [-0.25, -0.2) is 19.6 Å². The lowest BCUT2D eigenvalue weighted by Gasteiger charge is -2.37. The van der Waals surface area contributed by atoms with Crippen LogP contribution in [-0.2, 0) is 0 Å². The zero-order valence-electron chi connectivity index (χ0n) is 12.8. The van der Waals surface area contributed by atoms with Gasteiger partial charge in [-0.15, -0.1) is 0 Å². The number of nitrogens with zero attached hydrogens (tertiary/aromatic N) is 3. The number of hydrogen-bond acceptors (Lipinski definition) is 5. The van der Waals surface area contributed by atoms with Crippen molar-refractivity contribution in [3.05, 3.63) is 60.2 Å². The van der Waals surface area contributed by atoms with Gasteiger partial charge in [0.15, 0.2) is 11.4 Å². The van der Waals surface area contributed by atoms with Crippen LogP contribution >= 0.6 is 0 Å². The number of rotatable bonds is 2. The predicted molar refractivity (Wildman–Crippen MR) is 84.3 cm³/mol. The molecule has 2 N–H and O–H groups in total. The van der Waals surface area contributed by atoms with E-state index >= 15 is 0 Å². The zero-order valence-corrected chi connectivity index (χ0v) is 12.8. The number of imide groups is 1. The van der Waals surface area contributed by atoms with Gasteiger partial charge in [0.2, 0.25) is 0 Å². The number of hydrogen-bond donors (Lipinski definition) is 1. The van der Waals surface area contributed by atoms with E-state index in [1.54, 1.807) is 48.8 Å². The molecule has 3 heterocycles. The van der Waals surface area contributed by atoms with Gasteiger partial charge in [-0.05, 0) is 24.3 Å². The average Bonchev–Trinajstić information content (AvgIpc) is 2.63. The van der Waals surface area contributed by atoms with Gasteiger partial charge in [0.05, 0.1) is 13.1 Å². The highest BCUT2D eigenvalue weighted by Crippen LogP contribution is 2.25. The third-order valence-electron chi connectivity index (χ3n) is 4.31. The largest absolute Gasteiger partial charge is 0.372 e. The molecule has 0 bridgehead atoms. The normalized spacial score (nSPS) is 17.6. The molecule has 0 atom stereocenters. The average molecular weight is 311 g/mol. The van der Waals surface area contributed by atoms with Crippen LogP contribution < -0.4 is 5.73 Å². The topological polar surface area (TPSA) is 85.9 Å². The first-order chi connectivity index (χ1) is 11.1. The van der Waals surface area contributed by atoms with Crippen molar-refractivity contribution in [2.75, 3.05) is 13.1 Å². The third kappa shape index (κ3) is 2.91. The SMILES string of the molecule is NC1CC[N+](C(=O)c2ccccn2)(C(=O)c2ccccn2)CC1. The van der Waals surface area contributed by atoms with Gasteiger partial charge in [0, 0.05) is 31.3 Å². The van der Waals surface area contributed by atoms with Gasteiger partial charge in [0.25, 0.3) is 0 Å². The Morgan fingerprint density at radius 1 is 0.913 bits per heavy atom. The Hall–Kier alpha value is -2.44. The highest BCUT2D eigenvalue weighted by atomic mass is 16.2. The molecule has 3 rings (SSSR count). The molecule has 6 nitrogen and oxygen atoms in total. The summed E-state index contributed by atoms with van der Waals surface area (Å²) in [5, 5.41) is 0. The van der Waals surface area contributed by atoms with Crippen LogP contribution in [0.15, 0.2) is 48.8 Å². The predicted octanol–water partition coefficient (Wildman–Crippen LogP) is 1.40. The third-order valence-corrected chi connectivity index (χ3v) is 4.31. The summed E-state index contributed by atoms with van der Waals surface area (Å²) in [5.41, 5.74) is 6.57. The van der Waals surface area contributed by atoms with E-state index in [1.165, 1.54) is 0 Å². The molecule has 0 spiro atoms. The van der Waals surface area contributed by atoms with E-state index in [2.05, 4.69) is 9.97 Å². The van der Waals surface area contributed by atoms with Crippen molar-refractivity contribution < 1.29 is 14.1 Å². The van der Waals surface area contributed by atoms with Crippen molar-refractivity contribution in [2.24, 2.45) is 5.73 Å². The van der Waals surface area contributed by atoms with E-state index < -0.39 is 0 Å². The number of carbonyl (C=O) groups is 2. The Bertz CT molecular complexity index is 642. The van der Waals surface area contributed by atoms with Crippen molar-refractivity contribution >= 4 is 11.8 Å². The summed E-state index contributed by atoms with van der Waals surface area (Å²) in [6, 6.07) is 10.3. The Morgan fingerprint density at radius 3 is 1.78 bits per heavy atom. The highest BCUT2D eigenvalue weighted by molar-refractivity contribution is 6.00. The van der Waals surface area contributed by atoms with Crippen LogP contribution in [0.4, 0.5) is 0 Å². The smallest absolute Gasteiger partial charge is 0.327 e. The molecule has 2 aromatic rings. The zero-order chi connectivity index (χ0) is 16.3. The summed E-state index contributed by atoms with van der Waals surface area (Å²) in [6.07, 6.45) is 4.36. The second-order valence-electron chi connectivity index (χ2n) is 5.79. The lowest BCUT2D eigenvalue weighted by molar-refractivity contribution is -0.772. The second-order valence-corrected chi connectivity index (χ2v) is 5.79. The van der Waals surface area contributed by atoms with Gasteiger partial charge >= 0.3 is 11.8 Å². The molecule has 23 heavy (non-hydrogen) atoms. The van der Waals surface area contributed by atoms with E-state index in [9.17, 15) is 9.59 Å². The molecule has 0 aliphatic carbocycles. The molecule has 1 saturated heterocycles. The fraction of sp³-hybridized carbons (Fsp3) is 0.294. The van der Waals surface area contributed by atoms with Gasteiger partial charge in [-0.1, -0.05) is 12.1 Å².